The number of ether oxygens (including phenoxy) is 2. The fraction of sp³-hybridized carbons (Fsp3) is 0.400. The van der Waals surface area contributed by atoms with Gasteiger partial charge in [-0.25, -0.2) is 9.59 Å². The van der Waals surface area contributed by atoms with Gasteiger partial charge in [0.15, 0.2) is 0 Å². The standard InChI is InChI=1S/C25H29N3O5/c1-3-32-25-26-21-11-10-19(23(29)30)15-22(21)28(25)16-17-6-8-18(9-7-17)24(31)33-14-12-20-5-4-13-27(20)2/h6-11,15,20H,3-5,12-14,16H2,1-2H3,(H,29,30). The number of aromatic nitrogens is 2. The van der Waals surface area contributed by atoms with E-state index in [0.29, 0.717) is 48.4 Å². The molecule has 8 heteroatoms. The number of carbonyl (C=O) groups is 2. The Kier molecular flexibility index (Phi) is 6.93. The number of aromatic carboxylic acids is 1. The molecule has 0 radical (unpaired) electrons. The molecule has 174 valence electrons. The maximum absolute atomic E-state index is 12.4. The fourth-order valence-corrected chi connectivity index (χ4v) is 4.27. The van der Waals surface area contributed by atoms with E-state index in [-0.39, 0.29) is 11.5 Å². The van der Waals surface area contributed by atoms with Crippen LogP contribution in [0.4, 0.5) is 0 Å². The molecule has 1 N–H and O–H groups in total. The zero-order valence-corrected chi connectivity index (χ0v) is 19.0. The van der Waals surface area contributed by atoms with Gasteiger partial charge in [-0.2, -0.15) is 4.98 Å². The van der Waals surface area contributed by atoms with Crippen LogP contribution in [-0.2, 0) is 11.3 Å². The highest BCUT2D eigenvalue weighted by Gasteiger charge is 2.21. The molecular formula is C25H29N3O5. The van der Waals surface area contributed by atoms with E-state index >= 15 is 0 Å². The molecule has 33 heavy (non-hydrogen) atoms. The number of esters is 1. The van der Waals surface area contributed by atoms with Gasteiger partial charge in [0, 0.05) is 6.04 Å². The number of nitrogens with zero attached hydrogens (tertiary/aromatic N) is 3. The van der Waals surface area contributed by atoms with Crippen molar-refractivity contribution in [3.63, 3.8) is 0 Å². The Morgan fingerprint density at radius 2 is 1.91 bits per heavy atom. The molecule has 1 saturated heterocycles. The Morgan fingerprint density at radius 1 is 1.15 bits per heavy atom. The third-order valence-corrected chi connectivity index (χ3v) is 6.12. The number of hydrogen-bond acceptors (Lipinski definition) is 6. The lowest BCUT2D eigenvalue weighted by Crippen LogP contribution is -2.26. The summed E-state index contributed by atoms with van der Waals surface area (Å²) in [6.07, 6.45) is 3.21. The normalized spacial score (nSPS) is 16.2. The molecule has 3 aromatic rings. The number of carboxylic acids is 1. The molecule has 8 nitrogen and oxygen atoms in total. The van der Waals surface area contributed by atoms with E-state index in [2.05, 4.69) is 16.9 Å². The number of carbonyl (C=O) groups excluding carboxylic acids is 1. The highest BCUT2D eigenvalue weighted by Crippen LogP contribution is 2.25. The lowest BCUT2D eigenvalue weighted by molar-refractivity contribution is 0.0475. The van der Waals surface area contributed by atoms with Crippen LogP contribution in [0.2, 0.25) is 0 Å². The second-order valence-electron chi connectivity index (χ2n) is 8.32. The highest BCUT2D eigenvalue weighted by atomic mass is 16.5. The van der Waals surface area contributed by atoms with Crippen molar-refractivity contribution in [2.75, 3.05) is 26.8 Å². The minimum Gasteiger partial charge on any atom is -0.478 e. The molecule has 2 aromatic carbocycles. The molecule has 1 aromatic heterocycles. The van der Waals surface area contributed by atoms with Crippen molar-refractivity contribution < 1.29 is 24.2 Å². The average molecular weight is 452 g/mol. The summed E-state index contributed by atoms with van der Waals surface area (Å²) in [7, 11) is 2.11. The van der Waals surface area contributed by atoms with Gasteiger partial charge in [0.05, 0.1) is 41.9 Å². The van der Waals surface area contributed by atoms with E-state index < -0.39 is 5.97 Å². The van der Waals surface area contributed by atoms with Gasteiger partial charge >= 0.3 is 11.9 Å². The summed E-state index contributed by atoms with van der Waals surface area (Å²) in [4.78, 5) is 30.6. The minimum absolute atomic E-state index is 0.189. The molecule has 0 saturated carbocycles. The largest absolute Gasteiger partial charge is 0.478 e. The molecule has 0 spiro atoms. The number of likely N-dealkylation sites (tertiary alicyclic amines) is 1. The van der Waals surface area contributed by atoms with Crippen LogP contribution in [-0.4, -0.2) is 64.3 Å². The molecule has 1 aliphatic heterocycles. The van der Waals surface area contributed by atoms with Gasteiger partial charge < -0.3 is 19.5 Å². The van der Waals surface area contributed by atoms with Crippen LogP contribution in [0.5, 0.6) is 6.01 Å². The molecule has 2 heterocycles. The van der Waals surface area contributed by atoms with Gasteiger partial charge in [-0.1, -0.05) is 12.1 Å². The summed E-state index contributed by atoms with van der Waals surface area (Å²) in [6, 6.07) is 13.0. The maximum atomic E-state index is 12.4. The van der Waals surface area contributed by atoms with Gasteiger partial charge in [0.2, 0.25) is 0 Å². The quantitative estimate of drug-likeness (QED) is 0.494. The minimum atomic E-state index is -0.995. The van der Waals surface area contributed by atoms with Crippen molar-refractivity contribution in [3.05, 3.63) is 59.2 Å². The summed E-state index contributed by atoms with van der Waals surface area (Å²) in [5.41, 5.74) is 2.97. The monoisotopic (exact) mass is 451 g/mol. The fourth-order valence-electron chi connectivity index (χ4n) is 4.27. The maximum Gasteiger partial charge on any atom is 0.338 e. The van der Waals surface area contributed by atoms with E-state index in [1.165, 1.54) is 12.5 Å². The van der Waals surface area contributed by atoms with E-state index in [9.17, 15) is 14.7 Å². The van der Waals surface area contributed by atoms with Crippen LogP contribution < -0.4 is 4.74 Å². The second kappa shape index (κ2) is 10.0. The molecule has 1 aliphatic rings. The van der Waals surface area contributed by atoms with Crippen molar-refractivity contribution in [1.82, 2.24) is 14.5 Å². The lowest BCUT2D eigenvalue weighted by Gasteiger charge is -2.18. The predicted molar refractivity (Wildman–Crippen MR) is 124 cm³/mol. The number of hydrogen-bond donors (Lipinski definition) is 1. The summed E-state index contributed by atoms with van der Waals surface area (Å²) in [5, 5.41) is 9.35. The van der Waals surface area contributed by atoms with Crippen LogP contribution in [0.1, 0.15) is 52.5 Å². The Morgan fingerprint density at radius 3 is 2.58 bits per heavy atom. The van der Waals surface area contributed by atoms with Crippen LogP contribution in [0.3, 0.4) is 0 Å². The average Bonchev–Trinajstić information content (AvgIpc) is 3.37. The summed E-state index contributed by atoms with van der Waals surface area (Å²) in [5.74, 6) is -1.32. The number of fused-ring (bicyclic) bond motifs is 1. The van der Waals surface area contributed by atoms with E-state index in [1.807, 2.05) is 23.6 Å². The first-order valence-corrected chi connectivity index (χ1v) is 11.3. The van der Waals surface area contributed by atoms with Crippen molar-refractivity contribution in [2.24, 2.45) is 0 Å². The SMILES string of the molecule is CCOc1nc2ccc(C(=O)O)cc2n1Cc1ccc(C(=O)OCCC2CCCN2C)cc1. The third-order valence-electron chi connectivity index (χ3n) is 6.12. The molecule has 1 fully saturated rings. The van der Waals surface area contributed by atoms with Crippen molar-refractivity contribution in [1.29, 1.82) is 0 Å². The second-order valence-corrected chi connectivity index (χ2v) is 8.32. The molecule has 1 unspecified atom stereocenters. The number of benzene rings is 2. The molecular weight excluding hydrogens is 422 g/mol. The zero-order chi connectivity index (χ0) is 23.4. The molecule has 0 aliphatic carbocycles. The predicted octanol–water partition coefficient (Wildman–Crippen LogP) is 3.82. The molecule has 0 bridgehead atoms. The smallest absolute Gasteiger partial charge is 0.338 e. The van der Waals surface area contributed by atoms with Crippen LogP contribution in [0.15, 0.2) is 42.5 Å². The lowest BCUT2D eigenvalue weighted by atomic mass is 10.1. The van der Waals surface area contributed by atoms with Crippen LogP contribution in [0.25, 0.3) is 11.0 Å². The van der Waals surface area contributed by atoms with Gasteiger partial charge in [-0.3, -0.25) is 4.57 Å². The van der Waals surface area contributed by atoms with E-state index in [0.717, 1.165) is 24.9 Å². The molecule has 4 rings (SSSR count). The first-order chi connectivity index (χ1) is 16.0. The zero-order valence-electron chi connectivity index (χ0n) is 19.0. The van der Waals surface area contributed by atoms with Crippen molar-refractivity contribution in [3.8, 4) is 6.01 Å². The van der Waals surface area contributed by atoms with Gasteiger partial charge in [-0.15, -0.1) is 0 Å². The van der Waals surface area contributed by atoms with E-state index in [4.69, 9.17) is 9.47 Å². The Hall–Kier alpha value is -3.39. The first kappa shape index (κ1) is 22.8. The molecule has 1 atom stereocenters. The van der Waals surface area contributed by atoms with E-state index in [1.54, 1.807) is 24.3 Å². The first-order valence-electron chi connectivity index (χ1n) is 11.3. The Labute approximate surface area is 192 Å². The Bertz CT molecular complexity index is 1140. The number of imidazole rings is 1. The number of rotatable bonds is 9. The topological polar surface area (TPSA) is 93.9 Å². The summed E-state index contributed by atoms with van der Waals surface area (Å²) >= 11 is 0. The van der Waals surface area contributed by atoms with Crippen molar-refractivity contribution >= 4 is 23.0 Å². The van der Waals surface area contributed by atoms with Crippen LogP contribution >= 0.6 is 0 Å². The van der Waals surface area contributed by atoms with Crippen LogP contribution in [0, 0.1) is 0 Å². The van der Waals surface area contributed by atoms with Gasteiger partial charge in [0.1, 0.15) is 0 Å². The third kappa shape index (κ3) is 5.17. The van der Waals surface area contributed by atoms with Gasteiger partial charge in [-0.05, 0) is 75.7 Å². The molecule has 0 amide bonds. The Balaban J connectivity index is 1.45. The van der Waals surface area contributed by atoms with Crippen molar-refractivity contribution in [2.45, 2.75) is 38.8 Å². The summed E-state index contributed by atoms with van der Waals surface area (Å²) in [6.45, 7) is 4.27. The number of carboxylic acid groups (broad SMARTS) is 1. The van der Waals surface area contributed by atoms with Gasteiger partial charge in [0.25, 0.3) is 6.01 Å². The summed E-state index contributed by atoms with van der Waals surface area (Å²) < 4.78 is 13.0. The highest BCUT2D eigenvalue weighted by molar-refractivity contribution is 5.92.